The number of hydrogen-bond acceptors (Lipinski definition) is 6. The number of ether oxygens (including phenoxy) is 1. The lowest BCUT2D eigenvalue weighted by Crippen LogP contribution is -2.29. The number of aromatic nitrogens is 2. The van der Waals surface area contributed by atoms with Crippen molar-refractivity contribution in [2.75, 3.05) is 23.9 Å². The summed E-state index contributed by atoms with van der Waals surface area (Å²) >= 11 is 6.13. The van der Waals surface area contributed by atoms with Gasteiger partial charge in [-0.15, -0.1) is 0 Å². The number of anilines is 2. The van der Waals surface area contributed by atoms with E-state index in [2.05, 4.69) is 10.4 Å². The predicted octanol–water partition coefficient (Wildman–Crippen LogP) is 2.95. The Kier molecular flexibility index (Phi) is 5.57. The second kappa shape index (κ2) is 8.44. The minimum absolute atomic E-state index is 0.0365. The number of hydrogen-bond donors (Lipinski definition) is 1. The highest BCUT2D eigenvalue weighted by Crippen LogP contribution is 2.35. The Morgan fingerprint density at radius 2 is 1.91 bits per heavy atom. The molecular weight excluding hydrogens is 480 g/mol. The van der Waals surface area contributed by atoms with E-state index in [9.17, 15) is 18.0 Å². The molecule has 0 spiro atoms. The third-order valence-electron chi connectivity index (χ3n) is 5.94. The van der Waals surface area contributed by atoms with Crippen LogP contribution in [0, 0.1) is 5.92 Å². The molecule has 0 aliphatic carbocycles. The molecule has 2 aliphatic rings. The van der Waals surface area contributed by atoms with Gasteiger partial charge in [0.1, 0.15) is 11.6 Å². The number of sulfone groups is 1. The van der Waals surface area contributed by atoms with Crippen LogP contribution >= 0.6 is 11.6 Å². The second-order valence-electron chi connectivity index (χ2n) is 8.29. The van der Waals surface area contributed by atoms with E-state index in [1.54, 1.807) is 60.5 Å². The Hall–Kier alpha value is -3.37. The topological polar surface area (TPSA) is 111 Å². The van der Waals surface area contributed by atoms with Crippen LogP contribution in [0.2, 0.25) is 5.02 Å². The van der Waals surface area contributed by atoms with Crippen molar-refractivity contribution >= 4 is 44.8 Å². The Bertz CT molecular complexity index is 1420. The molecule has 176 valence electrons. The van der Waals surface area contributed by atoms with Crippen molar-refractivity contribution in [3.05, 3.63) is 64.8 Å². The molecule has 0 bridgehead atoms. The number of methoxy groups -OCH3 is 1. The average molecular weight is 501 g/mol. The Labute approximate surface area is 201 Å². The molecule has 2 aliphatic heterocycles. The minimum atomic E-state index is -3.33. The molecule has 1 N–H and O–H groups in total. The van der Waals surface area contributed by atoms with E-state index in [1.165, 1.54) is 4.68 Å². The first-order chi connectivity index (χ1) is 16.2. The van der Waals surface area contributed by atoms with E-state index in [4.69, 9.17) is 16.3 Å². The van der Waals surface area contributed by atoms with Gasteiger partial charge in [-0.1, -0.05) is 23.7 Å². The van der Waals surface area contributed by atoms with Crippen molar-refractivity contribution in [2.45, 2.75) is 17.9 Å². The van der Waals surface area contributed by atoms with Gasteiger partial charge in [0.05, 0.1) is 35.9 Å². The van der Waals surface area contributed by atoms with Crippen molar-refractivity contribution < 1.29 is 22.7 Å². The molecule has 0 radical (unpaired) electrons. The summed E-state index contributed by atoms with van der Waals surface area (Å²) in [6.45, 7) is 0.198. The van der Waals surface area contributed by atoms with Crippen molar-refractivity contribution in [1.29, 1.82) is 0 Å². The van der Waals surface area contributed by atoms with E-state index >= 15 is 0 Å². The largest absolute Gasteiger partial charge is 0.497 e. The summed E-state index contributed by atoms with van der Waals surface area (Å²) in [7, 11) is -1.79. The maximum absolute atomic E-state index is 13.2. The van der Waals surface area contributed by atoms with Crippen molar-refractivity contribution in [1.82, 2.24) is 9.78 Å². The summed E-state index contributed by atoms with van der Waals surface area (Å²) in [6.07, 6.45) is 0.0365. The summed E-state index contributed by atoms with van der Waals surface area (Å²) < 4.78 is 31.1. The summed E-state index contributed by atoms with van der Waals surface area (Å²) in [5.41, 5.74) is 2.10. The first kappa shape index (κ1) is 22.4. The lowest BCUT2D eigenvalue weighted by molar-refractivity contribution is -0.122. The molecule has 3 heterocycles. The maximum atomic E-state index is 13.2. The zero-order chi connectivity index (χ0) is 24.0. The highest BCUT2D eigenvalue weighted by molar-refractivity contribution is 7.90. The van der Waals surface area contributed by atoms with Crippen LogP contribution < -0.4 is 15.0 Å². The van der Waals surface area contributed by atoms with Crippen LogP contribution in [0.4, 0.5) is 11.5 Å². The number of rotatable bonds is 5. The Morgan fingerprint density at radius 3 is 2.68 bits per heavy atom. The SMILES string of the molecule is COc1cccc(N2CC(C(=O)Nc3c4c(nn3-c3cccc(Cl)c3)CS(=O)(=O)C4)CC2=O)c1. The monoisotopic (exact) mass is 500 g/mol. The van der Waals surface area contributed by atoms with Crippen LogP contribution in [-0.2, 0) is 30.9 Å². The van der Waals surface area contributed by atoms with Crippen LogP contribution in [0.3, 0.4) is 0 Å². The fourth-order valence-electron chi connectivity index (χ4n) is 4.30. The smallest absolute Gasteiger partial charge is 0.230 e. The number of carbonyl (C=O) groups excluding carboxylic acids is 2. The third-order valence-corrected chi connectivity index (χ3v) is 7.62. The molecule has 1 fully saturated rings. The lowest BCUT2D eigenvalue weighted by Gasteiger charge is -2.18. The van der Waals surface area contributed by atoms with Crippen molar-refractivity contribution in [3.63, 3.8) is 0 Å². The van der Waals surface area contributed by atoms with Gasteiger partial charge in [-0.05, 0) is 30.3 Å². The second-order valence-corrected chi connectivity index (χ2v) is 10.8. The van der Waals surface area contributed by atoms with Gasteiger partial charge in [0.25, 0.3) is 0 Å². The summed E-state index contributed by atoms with van der Waals surface area (Å²) in [6, 6.07) is 14.0. The van der Waals surface area contributed by atoms with Crippen LogP contribution in [0.5, 0.6) is 5.75 Å². The van der Waals surface area contributed by atoms with E-state index in [1.807, 2.05) is 0 Å². The first-order valence-corrected chi connectivity index (χ1v) is 12.8. The quantitative estimate of drug-likeness (QED) is 0.576. The van der Waals surface area contributed by atoms with Crippen LogP contribution in [0.25, 0.3) is 5.69 Å². The summed E-state index contributed by atoms with van der Waals surface area (Å²) in [4.78, 5) is 27.5. The molecule has 1 unspecified atom stereocenters. The van der Waals surface area contributed by atoms with Gasteiger partial charge in [-0.2, -0.15) is 5.10 Å². The van der Waals surface area contributed by atoms with Crippen LogP contribution in [-0.4, -0.2) is 43.7 Å². The molecule has 11 heteroatoms. The van der Waals surface area contributed by atoms with Crippen LogP contribution in [0.15, 0.2) is 48.5 Å². The van der Waals surface area contributed by atoms with E-state index in [0.29, 0.717) is 33.4 Å². The normalized spacial score (nSPS) is 18.7. The van der Waals surface area contributed by atoms with Crippen molar-refractivity contribution in [3.8, 4) is 11.4 Å². The number of carbonyl (C=O) groups is 2. The molecule has 2 amide bonds. The standard InChI is InChI=1S/C23H21ClN4O5S/c1-33-18-7-3-5-16(10-18)27-11-14(8-21(27)29)23(30)25-22-19-12-34(31,32)13-20(19)26-28(22)17-6-2-4-15(24)9-17/h2-7,9-10,14H,8,11-13H2,1H3,(H,25,30). The van der Waals surface area contributed by atoms with Gasteiger partial charge >= 0.3 is 0 Å². The molecule has 2 aromatic carbocycles. The van der Waals surface area contributed by atoms with E-state index in [-0.39, 0.29) is 42.1 Å². The molecule has 1 saturated heterocycles. The Balaban J connectivity index is 1.43. The zero-order valence-electron chi connectivity index (χ0n) is 18.2. The highest BCUT2D eigenvalue weighted by Gasteiger charge is 2.38. The van der Waals surface area contributed by atoms with Gasteiger partial charge in [0.2, 0.25) is 11.8 Å². The van der Waals surface area contributed by atoms with Gasteiger partial charge in [0, 0.05) is 35.3 Å². The van der Waals surface area contributed by atoms with Gasteiger partial charge in [0.15, 0.2) is 9.84 Å². The summed E-state index contributed by atoms with van der Waals surface area (Å²) in [5.74, 6) is -0.674. The Morgan fingerprint density at radius 1 is 1.15 bits per heavy atom. The fourth-order valence-corrected chi connectivity index (χ4v) is 5.97. The highest BCUT2D eigenvalue weighted by atomic mass is 35.5. The molecule has 0 saturated carbocycles. The van der Waals surface area contributed by atoms with E-state index < -0.39 is 15.8 Å². The molecular formula is C23H21ClN4O5S. The number of amides is 2. The molecule has 1 atom stereocenters. The molecule has 1 aromatic heterocycles. The van der Waals surface area contributed by atoms with Crippen molar-refractivity contribution in [2.24, 2.45) is 5.92 Å². The zero-order valence-corrected chi connectivity index (χ0v) is 19.8. The predicted molar refractivity (Wildman–Crippen MR) is 127 cm³/mol. The van der Waals surface area contributed by atoms with Gasteiger partial charge in [-0.3, -0.25) is 9.59 Å². The van der Waals surface area contributed by atoms with Gasteiger partial charge < -0.3 is 15.0 Å². The number of nitrogens with zero attached hydrogens (tertiary/aromatic N) is 3. The molecule has 3 aromatic rings. The number of fused-ring (bicyclic) bond motifs is 1. The molecule has 5 rings (SSSR count). The van der Waals surface area contributed by atoms with Gasteiger partial charge in [-0.25, -0.2) is 13.1 Å². The number of benzene rings is 2. The molecule has 34 heavy (non-hydrogen) atoms. The first-order valence-electron chi connectivity index (χ1n) is 10.6. The molecule has 9 nitrogen and oxygen atoms in total. The number of nitrogens with one attached hydrogen (secondary N) is 1. The van der Waals surface area contributed by atoms with E-state index in [0.717, 1.165) is 0 Å². The third kappa shape index (κ3) is 4.14. The summed E-state index contributed by atoms with van der Waals surface area (Å²) in [5, 5.41) is 7.78. The lowest BCUT2D eigenvalue weighted by atomic mass is 10.1. The minimum Gasteiger partial charge on any atom is -0.497 e. The maximum Gasteiger partial charge on any atom is 0.230 e. The van der Waals surface area contributed by atoms with Crippen LogP contribution in [0.1, 0.15) is 17.7 Å². The average Bonchev–Trinajstić information content (AvgIpc) is 3.44. The number of halogens is 1. The fraction of sp³-hybridized carbons (Fsp3) is 0.261.